The molecule has 0 aromatic heterocycles. The lowest BCUT2D eigenvalue weighted by Crippen LogP contribution is -1.99. The maximum absolute atomic E-state index is 2.00. The normalized spacial score (nSPS) is 6.00. The van der Waals surface area contributed by atoms with Crippen molar-refractivity contribution in [3.8, 4) is 0 Å². The molecule has 0 heterocycles. The second-order valence-corrected chi connectivity index (χ2v) is 1.34. The molecule has 3 heteroatoms. The molecule has 3 nitrogen and oxygen atoms in total. The van der Waals surface area contributed by atoms with Crippen LogP contribution in [0.2, 0.25) is 0 Å². The molecular formula is C3H9N3. The van der Waals surface area contributed by atoms with Crippen LogP contribution in [-0.4, -0.2) is 26.0 Å². The fourth-order valence-electron chi connectivity index (χ4n) is 0. The van der Waals surface area contributed by atoms with Gasteiger partial charge in [-0.15, -0.1) is 0 Å². The largest absolute Gasteiger partial charge is 0.312 e. The van der Waals surface area contributed by atoms with Gasteiger partial charge in [0, 0.05) is 12.3 Å². The van der Waals surface area contributed by atoms with E-state index in [0.717, 1.165) is 0 Å². The van der Waals surface area contributed by atoms with Crippen molar-refractivity contribution in [2.24, 2.45) is 0 Å². The summed E-state index contributed by atoms with van der Waals surface area (Å²) in [5.41, 5.74) is 0. The van der Waals surface area contributed by atoms with Crippen LogP contribution < -0.4 is 12.3 Å². The molecule has 0 atom stereocenters. The average molecular weight is 87.1 g/mol. The van der Waals surface area contributed by atoms with Crippen LogP contribution in [0.3, 0.4) is 0 Å². The van der Waals surface area contributed by atoms with E-state index in [9.17, 15) is 0 Å². The van der Waals surface area contributed by atoms with Crippen molar-refractivity contribution in [1.29, 1.82) is 0 Å². The topological polar surface area (TPSA) is 64.2 Å². The molecule has 0 saturated heterocycles. The first-order valence-electron chi connectivity index (χ1n) is 1.34. The molecule has 0 aliphatic carbocycles. The summed E-state index contributed by atoms with van der Waals surface area (Å²) in [6.07, 6.45) is 0. The zero-order valence-electron chi connectivity index (χ0n) is 4.34. The first-order chi connectivity index (χ1) is 1.73. The van der Waals surface area contributed by atoms with E-state index in [1.54, 1.807) is 0 Å². The van der Waals surface area contributed by atoms with Gasteiger partial charge in [0.15, 0.2) is 0 Å². The van der Waals surface area contributed by atoms with Crippen LogP contribution in [-0.2, 0) is 0 Å². The van der Waals surface area contributed by atoms with Crippen LogP contribution in [0.5, 0.6) is 0 Å². The van der Waals surface area contributed by atoms with Crippen molar-refractivity contribution in [2.75, 3.05) is 21.1 Å². The predicted octanol–water partition coefficient (Wildman–Crippen LogP) is -0.783. The number of hydrogen-bond donors (Lipinski definition) is 0. The monoisotopic (exact) mass is 87.1 g/mol. The second kappa shape index (κ2) is 8.86. The molecule has 0 bridgehead atoms. The standard InChI is InChI=1S/C3H9N.2N/c1-4(2)3;;/h1-3H3;;. The summed E-state index contributed by atoms with van der Waals surface area (Å²) in [6, 6.07) is 0. The van der Waals surface area contributed by atoms with Crippen molar-refractivity contribution < 1.29 is 0 Å². The maximum atomic E-state index is 2.00. The van der Waals surface area contributed by atoms with E-state index < -0.39 is 0 Å². The molecule has 6 heavy (non-hydrogen) atoms. The van der Waals surface area contributed by atoms with Crippen LogP contribution in [0, 0.1) is 0 Å². The van der Waals surface area contributed by atoms with Crippen LogP contribution in [0.15, 0.2) is 0 Å². The fraction of sp³-hybridized carbons (Fsp3) is 1.00. The Morgan fingerprint density at radius 2 is 0.833 bits per heavy atom. The van der Waals surface area contributed by atoms with Gasteiger partial charge in [-0.3, -0.25) is 0 Å². The summed E-state index contributed by atoms with van der Waals surface area (Å²) in [5, 5.41) is 0. The van der Waals surface area contributed by atoms with Crippen molar-refractivity contribution in [2.45, 2.75) is 0 Å². The molecule has 0 N–H and O–H groups in total. The van der Waals surface area contributed by atoms with Crippen LogP contribution in [0.1, 0.15) is 0 Å². The number of hydrogen-bond acceptors (Lipinski definition) is 1. The minimum absolute atomic E-state index is 0. The summed E-state index contributed by atoms with van der Waals surface area (Å²) in [7, 11) is 6.00. The van der Waals surface area contributed by atoms with Gasteiger partial charge < -0.3 is 4.90 Å². The molecule has 0 rings (SSSR count). The Bertz CT molecular complexity index is 10.8. The van der Waals surface area contributed by atoms with Crippen LogP contribution >= 0.6 is 0 Å². The van der Waals surface area contributed by atoms with Gasteiger partial charge in [-0.2, -0.15) is 0 Å². The van der Waals surface area contributed by atoms with Gasteiger partial charge in [-0.1, -0.05) is 0 Å². The molecule has 0 unspecified atom stereocenters. The lowest BCUT2D eigenvalue weighted by atomic mass is 11.0. The average Bonchev–Trinajstić information content (AvgIpc) is 0.811. The van der Waals surface area contributed by atoms with E-state index >= 15 is 0 Å². The first kappa shape index (κ1) is 16.9. The third kappa shape index (κ3) is 2230. The molecule has 36 valence electrons. The summed E-state index contributed by atoms with van der Waals surface area (Å²) < 4.78 is 0. The zero-order chi connectivity index (χ0) is 3.58. The molecule has 0 aromatic rings. The third-order valence-electron chi connectivity index (χ3n) is 0. The molecule has 0 amide bonds. The van der Waals surface area contributed by atoms with E-state index in [2.05, 4.69) is 0 Å². The highest BCUT2D eigenvalue weighted by atomic mass is 15.0. The smallest absolute Gasteiger partial charge is 0 e. The van der Waals surface area contributed by atoms with E-state index in [1.807, 2.05) is 26.0 Å². The quantitative estimate of drug-likeness (QED) is 0.382. The van der Waals surface area contributed by atoms with Gasteiger partial charge in [-0.25, -0.2) is 0 Å². The molecule has 0 aliphatic heterocycles. The maximum Gasteiger partial charge on any atom is 0 e. The Hall–Kier alpha value is -0.120. The van der Waals surface area contributed by atoms with E-state index in [-0.39, 0.29) is 12.3 Å². The van der Waals surface area contributed by atoms with E-state index in [1.165, 1.54) is 0 Å². The molecule has 0 fully saturated rings. The highest BCUT2D eigenvalue weighted by Crippen LogP contribution is 1.47. The van der Waals surface area contributed by atoms with Gasteiger partial charge in [0.2, 0.25) is 0 Å². The second-order valence-electron chi connectivity index (χ2n) is 1.34. The number of rotatable bonds is 0. The lowest BCUT2D eigenvalue weighted by Gasteiger charge is -1.90. The van der Waals surface area contributed by atoms with Crippen molar-refractivity contribution in [1.82, 2.24) is 17.2 Å². The first-order valence-corrected chi connectivity index (χ1v) is 1.34. The highest BCUT2D eigenvalue weighted by molar-refractivity contribution is 4.09. The van der Waals surface area contributed by atoms with Crippen molar-refractivity contribution in [3.63, 3.8) is 0 Å². The summed E-state index contributed by atoms with van der Waals surface area (Å²) in [6.45, 7) is 0. The van der Waals surface area contributed by atoms with Gasteiger partial charge in [0.1, 0.15) is 0 Å². The third-order valence-corrected chi connectivity index (χ3v) is 0. The predicted molar refractivity (Wildman–Crippen MR) is 23.9 cm³/mol. The van der Waals surface area contributed by atoms with Gasteiger partial charge in [-0.05, 0) is 21.1 Å². The molecular weight excluding hydrogens is 78.1 g/mol. The molecule has 6 radical (unpaired) electrons. The minimum Gasteiger partial charge on any atom is -0.312 e. The van der Waals surface area contributed by atoms with Crippen molar-refractivity contribution >= 4 is 0 Å². The zero-order valence-corrected chi connectivity index (χ0v) is 4.34. The summed E-state index contributed by atoms with van der Waals surface area (Å²) in [5.74, 6) is 0. The summed E-state index contributed by atoms with van der Waals surface area (Å²) >= 11 is 0. The fourth-order valence-corrected chi connectivity index (χ4v) is 0. The SMILES string of the molecule is CN(C)C.[N].[N]. The molecule has 0 aromatic carbocycles. The molecule has 0 aliphatic rings. The molecule has 0 saturated carbocycles. The lowest BCUT2D eigenvalue weighted by molar-refractivity contribution is 0.505. The van der Waals surface area contributed by atoms with Crippen LogP contribution in [0.25, 0.3) is 0 Å². The Kier molecular flexibility index (Phi) is 24.9. The van der Waals surface area contributed by atoms with Gasteiger partial charge in [0.05, 0.1) is 0 Å². The highest BCUT2D eigenvalue weighted by Gasteiger charge is 1.58. The van der Waals surface area contributed by atoms with Gasteiger partial charge in [0.25, 0.3) is 0 Å². The van der Waals surface area contributed by atoms with Crippen molar-refractivity contribution in [3.05, 3.63) is 0 Å². The Balaban J connectivity index is -0.0000000450. The van der Waals surface area contributed by atoms with Crippen LogP contribution in [0.4, 0.5) is 0 Å². The Labute approximate surface area is 39.5 Å². The Morgan fingerprint density at radius 1 is 0.833 bits per heavy atom. The summed E-state index contributed by atoms with van der Waals surface area (Å²) in [4.78, 5) is 2.00. The number of nitrogens with zero attached hydrogens (tertiary/aromatic N) is 3. The van der Waals surface area contributed by atoms with E-state index in [4.69, 9.17) is 0 Å². The molecule has 0 spiro atoms. The minimum atomic E-state index is 0. The van der Waals surface area contributed by atoms with Gasteiger partial charge >= 0.3 is 0 Å². The Morgan fingerprint density at radius 3 is 0.833 bits per heavy atom. The van der Waals surface area contributed by atoms with E-state index in [0.29, 0.717) is 0 Å².